The normalized spacial score (nSPS) is 15.8. The van der Waals surface area contributed by atoms with Crippen molar-refractivity contribution in [1.82, 2.24) is 10.6 Å². The second kappa shape index (κ2) is 10.3. The number of nitrogens with one attached hydrogen (secondary N) is 2. The summed E-state index contributed by atoms with van der Waals surface area (Å²) in [6.45, 7) is 7.17. The van der Waals surface area contributed by atoms with Gasteiger partial charge in [-0.3, -0.25) is 4.99 Å². The fraction of sp³-hybridized carbons (Fsp3) is 0.632. The highest BCUT2D eigenvalue weighted by Gasteiger charge is 2.23. The standard InChI is InChI=1S/C19H30FN3O2.HI/c1-13(23-18(21-4)22-12-19(2,3)24-5)15-8-9-17(16(20)10-15)25-11-14-6-7-14;/h8-10,13-14H,6-7,11-12H2,1-5H3,(H2,21,22,23);1H. The van der Waals surface area contributed by atoms with Gasteiger partial charge in [-0.05, 0) is 57.2 Å². The molecular formula is C19H31FIN3O2. The van der Waals surface area contributed by atoms with Crippen molar-refractivity contribution in [3.63, 3.8) is 0 Å². The molecule has 0 bridgehead atoms. The van der Waals surface area contributed by atoms with E-state index >= 15 is 0 Å². The van der Waals surface area contributed by atoms with E-state index in [4.69, 9.17) is 9.47 Å². The zero-order chi connectivity index (χ0) is 18.4. The molecule has 1 fully saturated rings. The van der Waals surface area contributed by atoms with Crippen molar-refractivity contribution in [3.8, 4) is 5.75 Å². The minimum Gasteiger partial charge on any atom is -0.490 e. The van der Waals surface area contributed by atoms with Gasteiger partial charge in [-0.15, -0.1) is 24.0 Å². The van der Waals surface area contributed by atoms with Crippen LogP contribution in [0.3, 0.4) is 0 Å². The molecule has 0 heterocycles. The maximum absolute atomic E-state index is 14.2. The zero-order valence-electron chi connectivity index (χ0n) is 16.3. The van der Waals surface area contributed by atoms with Crippen LogP contribution in [0.25, 0.3) is 0 Å². The fourth-order valence-corrected chi connectivity index (χ4v) is 2.25. The SMILES string of the molecule is CN=C(NCC(C)(C)OC)NC(C)c1ccc(OCC2CC2)c(F)c1.I. The van der Waals surface area contributed by atoms with E-state index in [0.29, 0.717) is 30.8 Å². The summed E-state index contributed by atoms with van der Waals surface area (Å²) in [5, 5.41) is 6.48. The lowest BCUT2D eigenvalue weighted by molar-refractivity contribution is 0.0268. The van der Waals surface area contributed by atoms with Crippen LogP contribution in [0.1, 0.15) is 45.2 Å². The van der Waals surface area contributed by atoms with Gasteiger partial charge in [-0.25, -0.2) is 4.39 Å². The Morgan fingerprint density at radius 3 is 2.62 bits per heavy atom. The van der Waals surface area contributed by atoms with E-state index in [1.54, 1.807) is 20.2 Å². The summed E-state index contributed by atoms with van der Waals surface area (Å²) in [6.07, 6.45) is 2.37. The first-order valence-electron chi connectivity index (χ1n) is 8.79. The molecule has 1 aliphatic carbocycles. The Morgan fingerprint density at radius 2 is 2.08 bits per heavy atom. The summed E-state index contributed by atoms with van der Waals surface area (Å²) >= 11 is 0. The molecule has 0 aromatic heterocycles. The number of halogens is 2. The van der Waals surface area contributed by atoms with Gasteiger partial charge in [0.15, 0.2) is 17.5 Å². The van der Waals surface area contributed by atoms with Gasteiger partial charge >= 0.3 is 0 Å². The van der Waals surface area contributed by atoms with Crippen molar-refractivity contribution in [2.45, 2.75) is 45.3 Å². The minimum absolute atomic E-state index is 0. The number of hydrogen-bond donors (Lipinski definition) is 2. The predicted molar refractivity (Wildman–Crippen MR) is 114 cm³/mol. The van der Waals surface area contributed by atoms with E-state index in [9.17, 15) is 4.39 Å². The molecule has 1 aliphatic rings. The molecule has 1 aromatic rings. The number of rotatable bonds is 8. The molecule has 7 heteroatoms. The van der Waals surface area contributed by atoms with E-state index in [2.05, 4.69) is 15.6 Å². The molecule has 1 saturated carbocycles. The Labute approximate surface area is 173 Å². The number of benzene rings is 1. The van der Waals surface area contributed by atoms with Crippen molar-refractivity contribution in [2.24, 2.45) is 10.9 Å². The Balaban J connectivity index is 0.00000338. The third-order valence-corrected chi connectivity index (χ3v) is 4.44. The third-order valence-electron chi connectivity index (χ3n) is 4.44. The van der Waals surface area contributed by atoms with E-state index in [1.165, 1.54) is 18.9 Å². The van der Waals surface area contributed by atoms with Gasteiger partial charge in [-0.2, -0.15) is 0 Å². The zero-order valence-corrected chi connectivity index (χ0v) is 18.6. The van der Waals surface area contributed by atoms with Gasteiger partial charge in [0.1, 0.15) is 0 Å². The lowest BCUT2D eigenvalue weighted by Crippen LogP contribution is -2.45. The van der Waals surface area contributed by atoms with Crippen LogP contribution >= 0.6 is 24.0 Å². The molecule has 0 spiro atoms. The number of nitrogens with zero attached hydrogens (tertiary/aromatic N) is 1. The molecule has 0 amide bonds. The van der Waals surface area contributed by atoms with E-state index in [-0.39, 0.29) is 41.4 Å². The first kappa shape index (κ1) is 23.0. The summed E-state index contributed by atoms with van der Waals surface area (Å²) in [7, 11) is 3.38. The molecule has 5 nitrogen and oxygen atoms in total. The molecule has 1 atom stereocenters. The van der Waals surface area contributed by atoms with Gasteiger partial charge < -0.3 is 20.1 Å². The Hall–Kier alpha value is -1.09. The molecule has 1 aromatic carbocycles. The molecule has 26 heavy (non-hydrogen) atoms. The van der Waals surface area contributed by atoms with Gasteiger partial charge in [0, 0.05) is 20.7 Å². The number of aliphatic imine (C=N–C) groups is 1. The van der Waals surface area contributed by atoms with Crippen LogP contribution in [0.2, 0.25) is 0 Å². The topological polar surface area (TPSA) is 54.9 Å². The predicted octanol–water partition coefficient (Wildman–Crippen LogP) is 3.88. The van der Waals surface area contributed by atoms with Crippen molar-refractivity contribution in [3.05, 3.63) is 29.6 Å². The highest BCUT2D eigenvalue weighted by Crippen LogP contribution is 2.30. The summed E-state index contributed by atoms with van der Waals surface area (Å²) in [5.41, 5.74) is 0.540. The minimum atomic E-state index is -0.324. The largest absolute Gasteiger partial charge is 0.490 e. The number of guanidine groups is 1. The quantitative estimate of drug-likeness (QED) is 0.338. The molecule has 148 valence electrons. The molecule has 2 N–H and O–H groups in total. The third kappa shape index (κ3) is 7.26. The average Bonchev–Trinajstić information content (AvgIpc) is 3.41. The summed E-state index contributed by atoms with van der Waals surface area (Å²) < 4.78 is 25.2. The van der Waals surface area contributed by atoms with Crippen LogP contribution < -0.4 is 15.4 Å². The number of hydrogen-bond acceptors (Lipinski definition) is 3. The van der Waals surface area contributed by atoms with Crippen molar-refractivity contribution in [1.29, 1.82) is 0 Å². The molecule has 2 rings (SSSR count). The summed E-state index contributed by atoms with van der Waals surface area (Å²) in [4.78, 5) is 4.21. The Bertz CT molecular complexity index is 606. The molecule has 0 aliphatic heterocycles. The lowest BCUT2D eigenvalue weighted by Gasteiger charge is -2.25. The van der Waals surface area contributed by atoms with Crippen LogP contribution in [0, 0.1) is 11.7 Å². The lowest BCUT2D eigenvalue weighted by atomic mass is 10.1. The van der Waals surface area contributed by atoms with Crippen LogP contribution in [-0.4, -0.2) is 38.9 Å². The van der Waals surface area contributed by atoms with Gasteiger partial charge in [0.05, 0.1) is 18.2 Å². The van der Waals surface area contributed by atoms with Gasteiger partial charge in [-0.1, -0.05) is 6.07 Å². The molecule has 1 unspecified atom stereocenters. The summed E-state index contributed by atoms with van der Waals surface area (Å²) in [5.74, 6) is 1.25. The summed E-state index contributed by atoms with van der Waals surface area (Å²) in [6, 6.07) is 5.01. The second-order valence-corrected chi connectivity index (χ2v) is 7.20. The van der Waals surface area contributed by atoms with Crippen LogP contribution in [-0.2, 0) is 4.74 Å². The molecular weight excluding hydrogens is 448 g/mol. The maximum Gasteiger partial charge on any atom is 0.191 e. The number of methoxy groups -OCH3 is 1. The van der Waals surface area contributed by atoms with Crippen LogP contribution in [0.4, 0.5) is 4.39 Å². The highest BCUT2D eigenvalue weighted by molar-refractivity contribution is 14.0. The van der Waals surface area contributed by atoms with Crippen molar-refractivity contribution < 1.29 is 13.9 Å². The Kier molecular flexibility index (Phi) is 9.09. The van der Waals surface area contributed by atoms with Crippen molar-refractivity contribution in [2.75, 3.05) is 27.3 Å². The first-order valence-corrected chi connectivity index (χ1v) is 8.79. The highest BCUT2D eigenvalue weighted by atomic mass is 127. The Morgan fingerprint density at radius 1 is 1.38 bits per heavy atom. The van der Waals surface area contributed by atoms with E-state index in [0.717, 1.165) is 5.56 Å². The fourth-order valence-electron chi connectivity index (χ4n) is 2.25. The van der Waals surface area contributed by atoms with Crippen LogP contribution in [0.15, 0.2) is 23.2 Å². The first-order chi connectivity index (χ1) is 11.8. The smallest absolute Gasteiger partial charge is 0.191 e. The number of ether oxygens (including phenoxy) is 2. The van der Waals surface area contributed by atoms with Gasteiger partial charge in [0.25, 0.3) is 0 Å². The van der Waals surface area contributed by atoms with Gasteiger partial charge in [0.2, 0.25) is 0 Å². The van der Waals surface area contributed by atoms with Crippen LogP contribution in [0.5, 0.6) is 5.75 Å². The molecule has 0 saturated heterocycles. The van der Waals surface area contributed by atoms with E-state index in [1.807, 2.05) is 26.8 Å². The monoisotopic (exact) mass is 479 g/mol. The van der Waals surface area contributed by atoms with E-state index < -0.39 is 0 Å². The second-order valence-electron chi connectivity index (χ2n) is 7.20. The average molecular weight is 479 g/mol. The molecule has 0 radical (unpaired) electrons. The van der Waals surface area contributed by atoms with Crippen molar-refractivity contribution >= 4 is 29.9 Å². The maximum atomic E-state index is 14.2.